The number of carbonyl (C=O) groups excluding carboxylic acids is 1. The number of anilines is 1. The van der Waals surface area contributed by atoms with Crippen LogP contribution in [0.25, 0.3) is 0 Å². The van der Waals surface area contributed by atoms with E-state index in [1.807, 2.05) is 59.8 Å². The molecule has 2 rings (SSSR count). The number of hydrogen-bond acceptors (Lipinski definition) is 6. The number of rotatable bonds is 13. The highest BCUT2D eigenvalue weighted by Crippen LogP contribution is 2.32. The third-order valence-corrected chi connectivity index (χ3v) is 6.05. The average Bonchev–Trinajstić information content (AvgIpc) is 3.30. The van der Waals surface area contributed by atoms with Crippen LogP contribution in [0.1, 0.15) is 93.1 Å². The number of ether oxygens (including phenoxy) is 1. The number of nitriles is 1. The first kappa shape index (κ1) is 49.2. The number of halogens is 2. The van der Waals surface area contributed by atoms with Crippen LogP contribution in [0.3, 0.4) is 0 Å². The second-order valence-electron chi connectivity index (χ2n) is 8.99. The molecule has 0 unspecified atom stereocenters. The molecule has 0 saturated carbocycles. The topological polar surface area (TPSA) is 68.9 Å². The number of alkyl halides is 1. The summed E-state index contributed by atoms with van der Waals surface area (Å²) in [5, 5.41) is 9.41. The van der Waals surface area contributed by atoms with E-state index in [2.05, 4.69) is 62.2 Å². The van der Waals surface area contributed by atoms with Gasteiger partial charge in [0.05, 0.1) is 29.4 Å². The quantitative estimate of drug-likeness (QED) is 0.0984. The van der Waals surface area contributed by atoms with Gasteiger partial charge in [-0.2, -0.15) is 5.26 Å². The smallest absolute Gasteiger partial charge is 0.248 e. The zero-order valence-corrected chi connectivity index (χ0v) is 30.8. The largest absolute Gasteiger partial charge is 0.377 e. The number of hydrogen-bond donors (Lipinski definition) is 1. The van der Waals surface area contributed by atoms with Crippen molar-refractivity contribution in [3.8, 4) is 6.07 Å². The minimum absolute atomic E-state index is 0.0198. The molecule has 1 saturated heterocycles. The van der Waals surface area contributed by atoms with Crippen molar-refractivity contribution in [1.82, 2.24) is 4.90 Å². The molecule has 1 amide bonds. The lowest BCUT2D eigenvalue weighted by Gasteiger charge is -2.27. The molecule has 1 heterocycles. The van der Waals surface area contributed by atoms with E-state index < -0.39 is 11.5 Å². The van der Waals surface area contributed by atoms with Crippen molar-refractivity contribution in [2.45, 2.75) is 93.0 Å². The molecule has 0 bridgehead atoms. The molecule has 0 aliphatic carbocycles. The Kier molecular flexibility index (Phi) is 39.1. The lowest BCUT2D eigenvalue weighted by atomic mass is 10.0. The van der Waals surface area contributed by atoms with Gasteiger partial charge in [-0.25, -0.2) is 4.39 Å². The van der Waals surface area contributed by atoms with Crippen LogP contribution in [0.5, 0.6) is 0 Å². The van der Waals surface area contributed by atoms with Gasteiger partial charge in [-0.1, -0.05) is 96.9 Å². The summed E-state index contributed by atoms with van der Waals surface area (Å²) < 4.78 is 15.8. The van der Waals surface area contributed by atoms with Gasteiger partial charge >= 0.3 is 0 Å². The number of benzene rings is 1. The van der Waals surface area contributed by atoms with Gasteiger partial charge in [0, 0.05) is 31.3 Å². The summed E-state index contributed by atoms with van der Waals surface area (Å²) in [5.41, 5.74) is 0.501. The van der Waals surface area contributed by atoms with Crippen molar-refractivity contribution in [3.63, 3.8) is 0 Å². The first-order valence-electron chi connectivity index (χ1n) is 15.7. The first-order valence-corrected chi connectivity index (χ1v) is 16.7. The zero-order valence-electron chi connectivity index (χ0n) is 29.2. The van der Waals surface area contributed by atoms with E-state index in [0.717, 1.165) is 25.8 Å². The summed E-state index contributed by atoms with van der Waals surface area (Å²) in [6.07, 6.45) is 16.6. The van der Waals surface area contributed by atoms with Crippen molar-refractivity contribution in [3.05, 3.63) is 79.0 Å². The average molecular weight is 667 g/mol. The van der Waals surface area contributed by atoms with Gasteiger partial charge in [0.1, 0.15) is 12.1 Å². The van der Waals surface area contributed by atoms with E-state index in [4.69, 9.17) is 21.6 Å². The Balaban J connectivity index is -0.000000559. The number of nitrogens with zero attached hydrogens (tertiary/aromatic N) is 4. The van der Waals surface area contributed by atoms with E-state index in [-0.39, 0.29) is 5.91 Å². The molecule has 0 N–H and O–H groups in total. The monoisotopic (exact) mass is 666 g/mol. The Hall–Kier alpha value is -2.70. The zero-order chi connectivity index (χ0) is 35.5. The van der Waals surface area contributed by atoms with Crippen molar-refractivity contribution < 1.29 is 13.9 Å². The maximum absolute atomic E-state index is 13.0. The lowest BCUT2D eigenvalue weighted by Crippen LogP contribution is -2.44. The Morgan fingerprint density at radius 2 is 1.71 bits per heavy atom. The number of amides is 1. The molecule has 1 aliphatic heterocycles. The van der Waals surface area contributed by atoms with Gasteiger partial charge < -0.3 is 4.74 Å². The van der Waals surface area contributed by atoms with Crippen LogP contribution in [0.2, 0.25) is 5.02 Å². The number of thiol groups is 1. The molecule has 9 heteroatoms. The Morgan fingerprint density at radius 3 is 2.22 bits per heavy atom. The predicted octanol–water partition coefficient (Wildman–Crippen LogP) is 10.6. The summed E-state index contributed by atoms with van der Waals surface area (Å²) in [6.45, 7) is 28.2. The van der Waals surface area contributed by atoms with Crippen LogP contribution in [0.15, 0.2) is 73.4 Å². The van der Waals surface area contributed by atoms with E-state index in [1.54, 1.807) is 41.6 Å². The second-order valence-corrected chi connectivity index (χ2v) is 9.63. The van der Waals surface area contributed by atoms with Crippen molar-refractivity contribution >= 4 is 42.0 Å². The standard InChI is InChI=1S/C25H31ClN4O2.C4H10.2C2H6.C2H4.CH3FS/c1-4-13-28-14-8-6-5-7-9-16-32-17-10-15-29-20-30(24(31)25(29,2)3)22-12-11-21(19-27)23(26)18-22;1-3-4-2;3*1-2;2-1-3/h4,7-9,11-14,18H,1,5-6,10,15-17,20H2,2-3H3;3-4H2,1-2H3;2*1-2H3;1-2H2;3H,1H2/b9-7-,14-8-,28-13?;;;;;. The van der Waals surface area contributed by atoms with E-state index in [1.165, 1.54) is 12.8 Å². The Labute approximate surface area is 285 Å². The number of aliphatic imine (C=N–C) groups is 1. The highest BCUT2D eigenvalue weighted by molar-refractivity contribution is 7.80. The molecular formula is C36H60ClFN4O2S. The number of carbonyl (C=O) groups is 1. The minimum atomic E-state index is -0.608. The summed E-state index contributed by atoms with van der Waals surface area (Å²) >= 11 is 9.27. The maximum atomic E-state index is 13.0. The van der Waals surface area contributed by atoms with Gasteiger partial charge in [-0.15, -0.1) is 25.8 Å². The van der Waals surface area contributed by atoms with Crippen LogP contribution in [-0.2, 0) is 9.53 Å². The molecular weight excluding hydrogens is 607 g/mol. The van der Waals surface area contributed by atoms with Gasteiger partial charge in [0.2, 0.25) is 5.91 Å². The van der Waals surface area contributed by atoms with Crippen LogP contribution in [0.4, 0.5) is 10.1 Å². The molecule has 1 aromatic carbocycles. The normalized spacial score (nSPS) is 13.2. The fourth-order valence-electron chi connectivity index (χ4n) is 3.32. The summed E-state index contributed by atoms with van der Waals surface area (Å²) in [5.74, 6) is 0.0198. The van der Waals surface area contributed by atoms with Crippen LogP contribution in [0, 0.1) is 11.3 Å². The molecule has 0 atom stereocenters. The lowest BCUT2D eigenvalue weighted by molar-refractivity contribution is -0.123. The molecule has 0 spiro atoms. The SMILES string of the molecule is C=C.C=CC=N/C=C\CC/C=C\COCCCN1CN(c2ccc(C#N)c(Cl)c2)C(=O)C1(C)C.CC.CC.CCCC.FCS. The molecule has 45 heavy (non-hydrogen) atoms. The third-order valence-electron chi connectivity index (χ3n) is 5.74. The molecule has 1 aromatic rings. The number of unbranched alkanes of at least 4 members (excludes halogenated alkanes) is 2. The molecule has 6 nitrogen and oxygen atoms in total. The number of allylic oxidation sites excluding steroid dienone is 3. The van der Waals surface area contributed by atoms with Crippen LogP contribution >= 0.6 is 24.2 Å². The van der Waals surface area contributed by atoms with Crippen LogP contribution in [-0.4, -0.2) is 55.0 Å². The highest BCUT2D eigenvalue weighted by atomic mass is 35.5. The van der Waals surface area contributed by atoms with Crippen molar-refractivity contribution in [2.24, 2.45) is 4.99 Å². The van der Waals surface area contributed by atoms with Gasteiger partial charge in [-0.05, 0) is 51.3 Å². The Morgan fingerprint density at radius 1 is 1.13 bits per heavy atom. The van der Waals surface area contributed by atoms with Crippen LogP contribution < -0.4 is 4.90 Å². The summed E-state index contributed by atoms with van der Waals surface area (Å²) in [7, 11) is 0. The van der Waals surface area contributed by atoms with E-state index in [0.29, 0.717) is 36.2 Å². The second kappa shape index (κ2) is 35.8. The summed E-state index contributed by atoms with van der Waals surface area (Å²) in [6, 6.07) is 6.58. The fourth-order valence-corrected chi connectivity index (χ4v) is 3.54. The molecule has 1 aliphatic rings. The fraction of sp³-hybridized carbons (Fsp3) is 0.528. The summed E-state index contributed by atoms with van der Waals surface area (Å²) in [4.78, 5) is 20.8. The van der Waals surface area contributed by atoms with Gasteiger partial charge in [-0.3, -0.25) is 19.6 Å². The van der Waals surface area contributed by atoms with Crippen molar-refractivity contribution in [2.75, 3.05) is 37.3 Å². The van der Waals surface area contributed by atoms with E-state index in [9.17, 15) is 9.18 Å². The first-order chi connectivity index (χ1) is 21.7. The highest BCUT2D eigenvalue weighted by Gasteiger charge is 2.45. The van der Waals surface area contributed by atoms with Crippen molar-refractivity contribution in [1.29, 1.82) is 5.26 Å². The Bertz CT molecular complexity index is 992. The predicted molar refractivity (Wildman–Crippen MR) is 200 cm³/mol. The van der Waals surface area contributed by atoms with Gasteiger partial charge in [0.15, 0.2) is 0 Å². The molecule has 0 radical (unpaired) electrons. The molecule has 0 aromatic heterocycles. The molecule has 1 fully saturated rings. The maximum Gasteiger partial charge on any atom is 0.248 e. The van der Waals surface area contributed by atoms with E-state index >= 15 is 0 Å². The molecule has 256 valence electrons. The minimum Gasteiger partial charge on any atom is -0.377 e. The van der Waals surface area contributed by atoms with Gasteiger partial charge in [0.25, 0.3) is 0 Å². The third kappa shape index (κ3) is 23.3.